The first-order valence-corrected chi connectivity index (χ1v) is 16.5. The Morgan fingerprint density at radius 2 is 1.82 bits per heavy atom. The first kappa shape index (κ1) is 35.9. The summed E-state index contributed by atoms with van der Waals surface area (Å²) in [7, 11) is 1.47. The normalized spacial score (nSPS) is 19.7. The monoisotopic (exact) mass is 692 g/mol. The largest absolute Gasteiger partial charge is 0.491 e. The number of aromatic nitrogens is 3. The SMILES string of the molecule is CN1CC(=O)NCCn2cc(nn2)C(=O)NCCOc2ccccc2C(=O)N[C@H](C(=O)NCC2(c3cccc(F)c3)CCOCC2)CCC1=O. The van der Waals surface area contributed by atoms with Crippen LogP contribution in [0.1, 0.15) is 52.1 Å². The maximum Gasteiger partial charge on any atom is 0.273 e. The Morgan fingerprint density at radius 1 is 1.02 bits per heavy atom. The van der Waals surface area contributed by atoms with Crippen LogP contribution in [0.2, 0.25) is 0 Å². The average molecular weight is 693 g/mol. The number of nitrogens with zero attached hydrogens (tertiary/aromatic N) is 4. The van der Waals surface area contributed by atoms with Gasteiger partial charge in [-0.1, -0.05) is 29.5 Å². The van der Waals surface area contributed by atoms with E-state index in [1.165, 1.54) is 41.0 Å². The first-order chi connectivity index (χ1) is 24.1. The number of hydrogen-bond donors (Lipinski definition) is 4. The molecule has 2 bridgehead atoms. The number of hydrogen-bond acceptors (Lipinski definition) is 9. The summed E-state index contributed by atoms with van der Waals surface area (Å²) in [6, 6.07) is 11.6. The van der Waals surface area contributed by atoms with E-state index in [1.54, 1.807) is 24.3 Å². The Kier molecular flexibility index (Phi) is 12.1. The fourth-order valence-electron chi connectivity index (χ4n) is 5.87. The van der Waals surface area contributed by atoms with Gasteiger partial charge >= 0.3 is 0 Å². The second-order valence-electron chi connectivity index (χ2n) is 12.3. The summed E-state index contributed by atoms with van der Waals surface area (Å²) in [5.41, 5.74) is 0.351. The van der Waals surface area contributed by atoms with Gasteiger partial charge in [-0.05, 0) is 49.1 Å². The molecule has 0 unspecified atom stereocenters. The lowest BCUT2D eigenvalue weighted by atomic mass is 9.74. The third-order valence-electron chi connectivity index (χ3n) is 8.77. The molecule has 1 saturated heterocycles. The van der Waals surface area contributed by atoms with E-state index >= 15 is 0 Å². The number of fused-ring (bicyclic) bond motifs is 3. The van der Waals surface area contributed by atoms with Crippen molar-refractivity contribution >= 4 is 29.5 Å². The van der Waals surface area contributed by atoms with Crippen LogP contribution in [0.25, 0.3) is 0 Å². The first-order valence-electron chi connectivity index (χ1n) is 16.5. The molecular weight excluding hydrogens is 651 g/mol. The predicted octanol–water partition coefficient (Wildman–Crippen LogP) is 0.557. The van der Waals surface area contributed by atoms with Crippen LogP contribution in [0, 0.1) is 5.82 Å². The van der Waals surface area contributed by atoms with Gasteiger partial charge < -0.3 is 35.6 Å². The van der Waals surface area contributed by atoms with E-state index in [2.05, 4.69) is 31.6 Å². The molecule has 0 spiro atoms. The fraction of sp³-hybridized carbons (Fsp3) is 0.441. The van der Waals surface area contributed by atoms with Crippen molar-refractivity contribution < 1.29 is 37.8 Å². The Balaban J connectivity index is 1.34. The minimum absolute atomic E-state index is 0.0207. The number of amides is 5. The van der Waals surface area contributed by atoms with Crippen molar-refractivity contribution in [2.75, 3.05) is 53.0 Å². The highest BCUT2D eigenvalue weighted by Crippen LogP contribution is 2.34. The van der Waals surface area contributed by atoms with E-state index in [4.69, 9.17) is 9.47 Å². The van der Waals surface area contributed by atoms with Crippen LogP contribution in [0.4, 0.5) is 4.39 Å². The van der Waals surface area contributed by atoms with E-state index < -0.39 is 41.0 Å². The summed E-state index contributed by atoms with van der Waals surface area (Å²) in [6.07, 6.45) is 2.32. The van der Waals surface area contributed by atoms with E-state index in [0.29, 0.717) is 26.1 Å². The van der Waals surface area contributed by atoms with Gasteiger partial charge in [0, 0.05) is 45.2 Å². The molecular formula is C34H41FN8O7. The second-order valence-corrected chi connectivity index (χ2v) is 12.3. The van der Waals surface area contributed by atoms with Gasteiger partial charge in [0.1, 0.15) is 24.2 Å². The van der Waals surface area contributed by atoms with Gasteiger partial charge in [-0.3, -0.25) is 24.0 Å². The molecule has 5 amide bonds. The molecule has 266 valence electrons. The van der Waals surface area contributed by atoms with Crippen molar-refractivity contribution in [3.8, 4) is 5.75 Å². The highest BCUT2D eigenvalue weighted by atomic mass is 19.1. The van der Waals surface area contributed by atoms with Crippen LogP contribution in [-0.4, -0.2) is 109 Å². The minimum Gasteiger partial charge on any atom is -0.491 e. The van der Waals surface area contributed by atoms with Gasteiger partial charge in [-0.2, -0.15) is 0 Å². The molecule has 1 aromatic heterocycles. The molecule has 4 N–H and O–H groups in total. The quantitative estimate of drug-likeness (QED) is 0.303. The van der Waals surface area contributed by atoms with Gasteiger partial charge in [0.15, 0.2) is 5.69 Å². The number of carbonyl (C=O) groups is 5. The number of halogens is 1. The molecule has 2 aliphatic rings. The molecule has 0 aliphatic carbocycles. The predicted molar refractivity (Wildman–Crippen MR) is 177 cm³/mol. The van der Waals surface area contributed by atoms with Crippen LogP contribution in [0.15, 0.2) is 54.7 Å². The van der Waals surface area contributed by atoms with Crippen LogP contribution < -0.4 is 26.0 Å². The number of nitrogens with one attached hydrogen (secondary N) is 4. The topological polar surface area (TPSA) is 186 Å². The molecule has 5 rings (SSSR count). The highest BCUT2D eigenvalue weighted by Gasteiger charge is 2.36. The number of para-hydroxylation sites is 1. The molecule has 2 aliphatic heterocycles. The van der Waals surface area contributed by atoms with Gasteiger partial charge in [0.25, 0.3) is 11.8 Å². The standard InChI is InChI=1S/C34H41FN8O7/c1-42-21-29(44)36-13-15-43-20-27(40-41-43)33(48)37-14-18-50-28-8-3-2-7-25(28)31(46)39-26(9-10-30(42)45)32(47)38-22-34(11-16-49-17-12-34)23-5-4-6-24(35)19-23/h2-8,19-20,26H,9-18,21-22H2,1H3,(H,36,44)(H,37,48)(H,38,47)(H,39,46)/t26-/m0/s1. The Bertz CT molecular complexity index is 1690. The fourth-order valence-corrected chi connectivity index (χ4v) is 5.87. The smallest absolute Gasteiger partial charge is 0.273 e. The Labute approximate surface area is 288 Å². The molecule has 3 aromatic rings. The number of carbonyl (C=O) groups excluding carboxylic acids is 5. The van der Waals surface area contributed by atoms with Crippen molar-refractivity contribution in [2.45, 2.75) is 43.7 Å². The molecule has 0 radical (unpaired) electrons. The van der Waals surface area contributed by atoms with Gasteiger partial charge in [0.05, 0.1) is 31.4 Å². The highest BCUT2D eigenvalue weighted by molar-refractivity contribution is 6.00. The maximum absolute atomic E-state index is 14.3. The summed E-state index contributed by atoms with van der Waals surface area (Å²) >= 11 is 0. The number of likely N-dealkylation sites (N-methyl/N-ethyl adjacent to an activating group) is 1. The van der Waals surface area contributed by atoms with E-state index in [0.717, 1.165) is 5.56 Å². The second kappa shape index (κ2) is 16.8. The van der Waals surface area contributed by atoms with Gasteiger partial charge in [0.2, 0.25) is 17.7 Å². The van der Waals surface area contributed by atoms with Crippen LogP contribution in [0.3, 0.4) is 0 Å². The summed E-state index contributed by atoms with van der Waals surface area (Å²) in [6.45, 7) is 1.31. The lowest BCUT2D eigenvalue weighted by Crippen LogP contribution is -2.51. The maximum atomic E-state index is 14.3. The van der Waals surface area contributed by atoms with Gasteiger partial charge in [-0.25, -0.2) is 9.07 Å². The number of rotatable bonds is 4. The molecule has 50 heavy (non-hydrogen) atoms. The lowest BCUT2D eigenvalue weighted by molar-refractivity contribution is -0.135. The zero-order valence-electron chi connectivity index (χ0n) is 27.8. The van der Waals surface area contributed by atoms with Crippen molar-refractivity contribution in [3.05, 3.63) is 77.4 Å². The third kappa shape index (κ3) is 9.40. The zero-order valence-corrected chi connectivity index (χ0v) is 27.8. The van der Waals surface area contributed by atoms with Crippen LogP contribution >= 0.6 is 0 Å². The summed E-state index contributed by atoms with van der Waals surface area (Å²) in [4.78, 5) is 66.9. The Morgan fingerprint density at radius 3 is 2.62 bits per heavy atom. The van der Waals surface area contributed by atoms with E-state index in [1.807, 2.05) is 6.07 Å². The molecule has 15 nitrogen and oxygen atoms in total. The van der Waals surface area contributed by atoms with Crippen LogP contribution in [-0.2, 0) is 31.1 Å². The summed E-state index contributed by atoms with van der Waals surface area (Å²) in [5, 5.41) is 18.9. The molecule has 2 aromatic carbocycles. The van der Waals surface area contributed by atoms with E-state index in [-0.39, 0.29) is 75.0 Å². The van der Waals surface area contributed by atoms with Crippen molar-refractivity contribution in [2.24, 2.45) is 0 Å². The summed E-state index contributed by atoms with van der Waals surface area (Å²) < 4.78 is 27.1. The number of ether oxygens (including phenoxy) is 2. The van der Waals surface area contributed by atoms with Crippen molar-refractivity contribution in [1.29, 1.82) is 0 Å². The molecule has 16 heteroatoms. The van der Waals surface area contributed by atoms with Crippen molar-refractivity contribution in [3.63, 3.8) is 0 Å². The molecule has 1 atom stereocenters. The van der Waals surface area contributed by atoms with Gasteiger partial charge in [-0.15, -0.1) is 5.10 Å². The third-order valence-corrected chi connectivity index (χ3v) is 8.77. The Hall–Kier alpha value is -5.38. The zero-order chi connectivity index (χ0) is 35.5. The summed E-state index contributed by atoms with van der Waals surface area (Å²) in [5.74, 6) is -2.62. The number of benzene rings is 2. The lowest BCUT2D eigenvalue weighted by Gasteiger charge is -2.38. The van der Waals surface area contributed by atoms with Crippen molar-refractivity contribution in [1.82, 2.24) is 41.2 Å². The molecule has 0 saturated carbocycles. The minimum atomic E-state index is -1.14. The van der Waals surface area contributed by atoms with E-state index in [9.17, 15) is 28.4 Å². The molecule has 3 heterocycles. The van der Waals surface area contributed by atoms with Crippen LogP contribution in [0.5, 0.6) is 5.75 Å². The average Bonchev–Trinajstić information content (AvgIpc) is 3.59. The molecule has 1 fully saturated rings.